The van der Waals surface area contributed by atoms with E-state index in [0.717, 1.165) is 43.0 Å². The Morgan fingerprint density at radius 1 is 1.12 bits per heavy atom. The minimum Gasteiger partial charge on any atom is -0.469 e. The Kier molecular flexibility index (Phi) is 8.94. The molecule has 1 N–H and O–H groups in total. The van der Waals surface area contributed by atoms with Gasteiger partial charge in [0.2, 0.25) is 0 Å². The van der Waals surface area contributed by atoms with Gasteiger partial charge in [0.15, 0.2) is 0 Å². The zero-order valence-electron chi connectivity index (χ0n) is 24.4. The van der Waals surface area contributed by atoms with Crippen molar-refractivity contribution < 1.29 is 27.9 Å². The van der Waals surface area contributed by atoms with E-state index in [1.165, 1.54) is 7.11 Å². The highest BCUT2D eigenvalue weighted by Crippen LogP contribution is 2.50. The summed E-state index contributed by atoms with van der Waals surface area (Å²) in [5, 5.41) is 2.69. The van der Waals surface area contributed by atoms with Crippen LogP contribution in [-0.2, 0) is 14.3 Å². The maximum atomic E-state index is 14.1. The number of nitrogens with one attached hydrogen (secondary N) is 1. The molecule has 220 valence electrons. The van der Waals surface area contributed by atoms with Crippen LogP contribution in [0.15, 0.2) is 47.5 Å². The molecule has 1 spiro atoms. The van der Waals surface area contributed by atoms with Crippen LogP contribution in [0.25, 0.3) is 0 Å². The molecule has 1 aliphatic heterocycles. The summed E-state index contributed by atoms with van der Waals surface area (Å²) < 4.78 is 32.9. The van der Waals surface area contributed by atoms with E-state index in [9.17, 15) is 23.2 Å². The zero-order chi connectivity index (χ0) is 29.9. The third kappa shape index (κ3) is 6.34. The smallest absolute Gasteiger partial charge is 0.307 e. The molecule has 0 saturated heterocycles. The fourth-order valence-electron chi connectivity index (χ4n) is 6.08. The topological polar surface area (TPSA) is 88.1 Å². The average molecular weight is 568 g/mol. The summed E-state index contributed by atoms with van der Waals surface area (Å²) in [6.07, 6.45) is 4.19. The van der Waals surface area contributed by atoms with Crippen molar-refractivity contribution in [2.24, 2.45) is 16.3 Å². The van der Waals surface area contributed by atoms with Gasteiger partial charge in [-0.3, -0.25) is 19.4 Å². The molecular formula is C32H39F2N3O4. The lowest BCUT2D eigenvalue weighted by Gasteiger charge is -2.47. The van der Waals surface area contributed by atoms with Crippen molar-refractivity contribution >= 4 is 23.5 Å². The lowest BCUT2D eigenvalue weighted by molar-refractivity contribution is -0.140. The number of amides is 2. The summed E-state index contributed by atoms with van der Waals surface area (Å²) in [6, 6.07) is 9.63. The molecule has 7 nitrogen and oxygen atoms in total. The minimum absolute atomic E-state index is 0.0738. The largest absolute Gasteiger partial charge is 0.469 e. The number of hydrogen-bond donors (Lipinski definition) is 1. The molecule has 4 rings (SSSR count). The molecule has 1 fully saturated rings. The second kappa shape index (κ2) is 12.1. The standard InChI is InChI=1S/C32H39F2N3O4/c1-6-31(3,4)24-11-14-32(15-12-24)36-28(23-17-25(33)19-26(34)18-23)30(40)37(32)20(2)21-7-9-22(10-8-21)29(39)35-16-13-27(38)41-5/h7-10,17-20,24H,6,11-16H2,1-5H3,(H,35,39)/t20-,24?,32?/m1/s1. The molecule has 0 unspecified atom stereocenters. The van der Waals surface area contributed by atoms with Gasteiger partial charge in [-0.15, -0.1) is 0 Å². The summed E-state index contributed by atoms with van der Waals surface area (Å²) >= 11 is 0. The van der Waals surface area contributed by atoms with E-state index < -0.39 is 29.3 Å². The molecule has 1 heterocycles. The summed E-state index contributed by atoms with van der Waals surface area (Å²) in [5.74, 6) is -2.13. The zero-order valence-corrected chi connectivity index (χ0v) is 24.4. The fourth-order valence-corrected chi connectivity index (χ4v) is 6.08. The first kappa shape index (κ1) is 30.3. The van der Waals surface area contributed by atoms with Crippen LogP contribution in [0.3, 0.4) is 0 Å². The van der Waals surface area contributed by atoms with E-state index in [-0.39, 0.29) is 41.5 Å². The van der Waals surface area contributed by atoms with Gasteiger partial charge < -0.3 is 15.0 Å². The van der Waals surface area contributed by atoms with Crippen molar-refractivity contribution in [3.05, 3.63) is 70.8 Å². The second-order valence-electron chi connectivity index (χ2n) is 11.8. The number of ether oxygens (including phenoxy) is 1. The summed E-state index contributed by atoms with van der Waals surface area (Å²) in [6.45, 7) is 8.80. The number of hydrogen-bond acceptors (Lipinski definition) is 5. The van der Waals surface area contributed by atoms with Crippen LogP contribution >= 0.6 is 0 Å². The van der Waals surface area contributed by atoms with E-state index >= 15 is 0 Å². The number of methoxy groups -OCH3 is 1. The minimum atomic E-state index is -0.821. The Hall–Kier alpha value is -3.62. The van der Waals surface area contributed by atoms with Crippen molar-refractivity contribution in [1.82, 2.24) is 10.2 Å². The van der Waals surface area contributed by atoms with Gasteiger partial charge >= 0.3 is 5.97 Å². The van der Waals surface area contributed by atoms with Crippen LogP contribution in [-0.4, -0.2) is 47.7 Å². The first-order valence-electron chi connectivity index (χ1n) is 14.3. The van der Waals surface area contributed by atoms with Crippen molar-refractivity contribution in [2.75, 3.05) is 13.7 Å². The van der Waals surface area contributed by atoms with Crippen LogP contribution in [0.1, 0.15) is 93.7 Å². The molecule has 2 aromatic rings. The van der Waals surface area contributed by atoms with Crippen LogP contribution < -0.4 is 5.32 Å². The average Bonchev–Trinajstić information content (AvgIpc) is 3.23. The summed E-state index contributed by atoms with van der Waals surface area (Å²) in [5.41, 5.74) is 0.775. The third-order valence-electron chi connectivity index (χ3n) is 9.01. The highest BCUT2D eigenvalue weighted by molar-refractivity contribution is 6.46. The van der Waals surface area contributed by atoms with Gasteiger partial charge in [0.05, 0.1) is 19.6 Å². The van der Waals surface area contributed by atoms with E-state index in [1.807, 2.05) is 6.92 Å². The molecule has 2 aliphatic rings. The number of nitrogens with zero attached hydrogens (tertiary/aromatic N) is 2. The molecule has 41 heavy (non-hydrogen) atoms. The highest BCUT2D eigenvalue weighted by atomic mass is 19.1. The molecule has 9 heteroatoms. The molecular weight excluding hydrogens is 528 g/mol. The molecule has 2 aromatic carbocycles. The van der Waals surface area contributed by atoms with Crippen LogP contribution in [0, 0.1) is 23.0 Å². The lowest BCUT2D eigenvalue weighted by Crippen LogP contribution is -2.51. The molecule has 1 saturated carbocycles. The number of esters is 1. The lowest BCUT2D eigenvalue weighted by atomic mass is 9.67. The monoisotopic (exact) mass is 567 g/mol. The number of carbonyl (C=O) groups is 3. The predicted molar refractivity (Wildman–Crippen MR) is 152 cm³/mol. The quantitative estimate of drug-likeness (QED) is 0.378. The van der Waals surface area contributed by atoms with Crippen LogP contribution in [0.2, 0.25) is 0 Å². The van der Waals surface area contributed by atoms with E-state index in [0.29, 0.717) is 24.3 Å². The molecule has 2 amide bonds. The SMILES string of the molecule is CCC(C)(C)C1CCC2(CC1)N=C(c1cc(F)cc(F)c1)C(=O)N2[C@H](C)c1ccc(C(=O)NCCC(=O)OC)cc1. The second-order valence-corrected chi connectivity index (χ2v) is 11.8. The van der Waals surface area contributed by atoms with Gasteiger partial charge in [-0.05, 0) is 73.8 Å². The third-order valence-corrected chi connectivity index (χ3v) is 9.01. The van der Waals surface area contributed by atoms with Crippen molar-refractivity contribution in [1.29, 1.82) is 0 Å². The molecule has 1 aliphatic carbocycles. The number of benzene rings is 2. The van der Waals surface area contributed by atoms with Gasteiger partial charge in [0, 0.05) is 23.7 Å². The number of rotatable bonds is 9. The van der Waals surface area contributed by atoms with Crippen LogP contribution in [0.4, 0.5) is 8.78 Å². The number of halogens is 2. The van der Waals surface area contributed by atoms with Gasteiger partial charge in [0.1, 0.15) is 23.0 Å². The van der Waals surface area contributed by atoms with Crippen molar-refractivity contribution in [3.8, 4) is 0 Å². The van der Waals surface area contributed by atoms with Gasteiger partial charge in [-0.1, -0.05) is 39.3 Å². The first-order valence-corrected chi connectivity index (χ1v) is 14.3. The molecule has 0 bridgehead atoms. The van der Waals surface area contributed by atoms with E-state index in [1.54, 1.807) is 29.2 Å². The predicted octanol–water partition coefficient (Wildman–Crippen LogP) is 5.97. The molecule has 0 aromatic heterocycles. The molecule has 0 radical (unpaired) electrons. The maximum Gasteiger partial charge on any atom is 0.307 e. The Balaban J connectivity index is 1.61. The normalized spacial score (nSPS) is 21.5. The Morgan fingerprint density at radius 3 is 2.29 bits per heavy atom. The number of carbonyl (C=O) groups excluding carboxylic acids is 3. The van der Waals surface area contributed by atoms with Crippen molar-refractivity contribution in [2.45, 2.75) is 77.9 Å². The van der Waals surface area contributed by atoms with Crippen LogP contribution in [0.5, 0.6) is 0 Å². The Morgan fingerprint density at radius 2 is 1.73 bits per heavy atom. The first-order chi connectivity index (χ1) is 19.4. The Bertz CT molecular complexity index is 1310. The fraction of sp³-hybridized carbons (Fsp3) is 0.500. The van der Waals surface area contributed by atoms with Gasteiger partial charge in [-0.25, -0.2) is 8.78 Å². The summed E-state index contributed by atoms with van der Waals surface area (Å²) in [7, 11) is 1.29. The van der Waals surface area contributed by atoms with Crippen molar-refractivity contribution in [3.63, 3.8) is 0 Å². The van der Waals surface area contributed by atoms with Gasteiger partial charge in [-0.2, -0.15) is 0 Å². The van der Waals surface area contributed by atoms with E-state index in [4.69, 9.17) is 4.99 Å². The summed E-state index contributed by atoms with van der Waals surface area (Å²) in [4.78, 5) is 44.5. The molecule has 1 atom stereocenters. The van der Waals surface area contributed by atoms with E-state index in [2.05, 4.69) is 30.8 Å². The Labute approximate surface area is 240 Å². The highest BCUT2D eigenvalue weighted by Gasteiger charge is 2.52. The number of aliphatic imine (C=N–C) groups is 1. The maximum absolute atomic E-state index is 14.1. The van der Waals surface area contributed by atoms with Gasteiger partial charge in [0.25, 0.3) is 11.8 Å².